The van der Waals surface area contributed by atoms with Gasteiger partial charge in [-0.1, -0.05) is 77.9 Å². The van der Waals surface area contributed by atoms with Gasteiger partial charge in [-0.15, -0.1) is 0 Å². The second kappa shape index (κ2) is 12.2. The Kier molecular flexibility index (Phi) is 7.93. The number of rotatable bonds is 8. The Labute approximate surface area is 277 Å². The first-order valence-corrected chi connectivity index (χ1v) is 16.6. The van der Waals surface area contributed by atoms with Crippen LogP contribution in [-0.2, 0) is 0 Å². The van der Waals surface area contributed by atoms with Crippen molar-refractivity contribution in [3.63, 3.8) is 0 Å². The number of benzene rings is 4. The van der Waals surface area contributed by atoms with Crippen molar-refractivity contribution in [2.75, 3.05) is 0 Å². The number of aromatic nitrogens is 4. The van der Waals surface area contributed by atoms with Crippen LogP contribution < -0.4 is 4.74 Å². The second-order valence-corrected chi connectivity index (χ2v) is 13.5. The maximum absolute atomic E-state index is 6.60. The zero-order valence-corrected chi connectivity index (χ0v) is 28.3. The molecule has 5 heteroatoms. The van der Waals surface area contributed by atoms with Crippen molar-refractivity contribution < 1.29 is 4.74 Å². The molecule has 0 saturated heterocycles. The van der Waals surface area contributed by atoms with E-state index in [2.05, 4.69) is 150 Å². The molecule has 0 aliphatic carbocycles. The molecule has 0 N–H and O–H groups in total. The molecule has 3 aromatic heterocycles. The van der Waals surface area contributed by atoms with Crippen LogP contribution >= 0.6 is 0 Å². The molecule has 7 aromatic rings. The average Bonchev–Trinajstić information content (AvgIpc) is 3.67. The van der Waals surface area contributed by atoms with Gasteiger partial charge in [0.25, 0.3) is 0 Å². The summed E-state index contributed by atoms with van der Waals surface area (Å²) < 4.78 is 10.8. The van der Waals surface area contributed by atoms with Crippen molar-refractivity contribution in [3.8, 4) is 34.1 Å². The first-order chi connectivity index (χ1) is 22.7. The summed E-state index contributed by atoms with van der Waals surface area (Å²) in [6.45, 7) is 15.6. The molecular weight excluding hydrogens is 576 g/mol. The topological polar surface area (TPSA) is 44.9 Å². The van der Waals surface area contributed by atoms with Gasteiger partial charge in [0, 0.05) is 40.9 Å². The molecule has 0 unspecified atom stereocenters. The predicted octanol–water partition coefficient (Wildman–Crippen LogP) is 11.5. The van der Waals surface area contributed by atoms with Crippen LogP contribution in [0.4, 0.5) is 0 Å². The number of hydrogen-bond donors (Lipinski definition) is 0. The number of para-hydroxylation sites is 1. The number of pyridine rings is 1. The summed E-state index contributed by atoms with van der Waals surface area (Å²) in [5, 5.41) is 7.19. The summed E-state index contributed by atoms with van der Waals surface area (Å²) in [6, 6.07) is 32.1. The normalized spacial score (nSPS) is 11.9. The molecule has 0 bridgehead atoms. The molecule has 0 fully saturated rings. The van der Waals surface area contributed by atoms with Crippen LogP contribution in [0.3, 0.4) is 0 Å². The van der Waals surface area contributed by atoms with E-state index in [0.717, 1.165) is 45.2 Å². The molecule has 47 heavy (non-hydrogen) atoms. The lowest BCUT2D eigenvalue weighted by Crippen LogP contribution is -2.00. The predicted molar refractivity (Wildman–Crippen MR) is 195 cm³/mol. The highest BCUT2D eigenvalue weighted by atomic mass is 16.5. The number of aryl methyl sites for hydroxylation is 1. The van der Waals surface area contributed by atoms with E-state index in [1.165, 1.54) is 33.0 Å². The van der Waals surface area contributed by atoms with E-state index in [9.17, 15) is 0 Å². The average molecular weight is 619 g/mol. The Hall–Kier alpha value is -5.16. The van der Waals surface area contributed by atoms with E-state index in [0.29, 0.717) is 17.8 Å². The number of nitrogens with zero attached hydrogens (tertiary/aromatic N) is 4. The summed E-state index contributed by atoms with van der Waals surface area (Å²) in [6.07, 6.45) is 6.05. The van der Waals surface area contributed by atoms with Crippen LogP contribution in [0.25, 0.3) is 44.4 Å². The third kappa shape index (κ3) is 5.71. The summed E-state index contributed by atoms with van der Waals surface area (Å²) in [4.78, 5) is 4.80. The maximum Gasteiger partial charge on any atom is 0.137 e. The number of hydrogen-bond acceptors (Lipinski definition) is 3. The van der Waals surface area contributed by atoms with E-state index in [1.54, 1.807) is 0 Å². The van der Waals surface area contributed by atoms with E-state index in [4.69, 9.17) is 14.8 Å². The molecule has 0 atom stereocenters. The Balaban J connectivity index is 1.27. The minimum atomic E-state index is 0.410. The van der Waals surface area contributed by atoms with Crippen molar-refractivity contribution in [1.82, 2.24) is 19.3 Å². The van der Waals surface area contributed by atoms with Gasteiger partial charge in [0.05, 0.1) is 22.9 Å². The minimum Gasteiger partial charge on any atom is -0.457 e. The summed E-state index contributed by atoms with van der Waals surface area (Å²) >= 11 is 0. The first-order valence-electron chi connectivity index (χ1n) is 16.6. The largest absolute Gasteiger partial charge is 0.457 e. The van der Waals surface area contributed by atoms with E-state index in [-0.39, 0.29) is 0 Å². The molecule has 0 radical (unpaired) electrons. The van der Waals surface area contributed by atoms with Gasteiger partial charge in [-0.2, -0.15) is 5.10 Å². The fraction of sp³-hybridized carbons (Fsp3) is 0.238. The summed E-state index contributed by atoms with van der Waals surface area (Å²) in [5.41, 5.74) is 10.6. The van der Waals surface area contributed by atoms with Crippen LogP contribution in [0.15, 0.2) is 110 Å². The molecule has 0 aliphatic heterocycles. The molecule has 5 nitrogen and oxygen atoms in total. The van der Waals surface area contributed by atoms with Gasteiger partial charge < -0.3 is 4.74 Å². The third-order valence-electron chi connectivity index (χ3n) is 9.09. The standard InChI is InChI=1S/C42H42N4O/c1-26(2)30-17-18-43-41(21-30)46-39-14-9-8-11-37(39)38-16-15-33(23-40(38)46)47-34-20-29(7)19-32(22-34)45-25-31(24-44-45)42-35(27(3)4)12-10-13-36(42)28(5)6/h8-28H,1-7H3. The number of ether oxygens (including phenoxy) is 1. The van der Waals surface area contributed by atoms with Crippen LogP contribution in [0, 0.1) is 6.92 Å². The zero-order chi connectivity index (χ0) is 32.8. The zero-order valence-electron chi connectivity index (χ0n) is 28.3. The lowest BCUT2D eigenvalue weighted by atomic mass is 9.86. The summed E-state index contributed by atoms with van der Waals surface area (Å²) in [7, 11) is 0. The number of fused-ring (bicyclic) bond motifs is 3. The van der Waals surface area contributed by atoms with Crippen LogP contribution in [-0.4, -0.2) is 19.3 Å². The minimum absolute atomic E-state index is 0.410. The Morgan fingerprint density at radius 1 is 0.660 bits per heavy atom. The van der Waals surface area contributed by atoms with Gasteiger partial charge in [-0.3, -0.25) is 4.57 Å². The highest BCUT2D eigenvalue weighted by Gasteiger charge is 2.18. The highest BCUT2D eigenvalue weighted by molar-refractivity contribution is 6.09. The summed E-state index contributed by atoms with van der Waals surface area (Å²) in [5.74, 6) is 3.68. The molecule has 0 aliphatic rings. The van der Waals surface area contributed by atoms with E-state index in [1.807, 2.05) is 17.1 Å². The lowest BCUT2D eigenvalue weighted by molar-refractivity contribution is 0.482. The van der Waals surface area contributed by atoms with Gasteiger partial charge in [-0.05, 0) is 95.0 Å². The monoisotopic (exact) mass is 618 g/mol. The van der Waals surface area contributed by atoms with Gasteiger partial charge in [0.15, 0.2) is 0 Å². The van der Waals surface area contributed by atoms with Crippen LogP contribution in [0.1, 0.15) is 81.5 Å². The van der Waals surface area contributed by atoms with Crippen LogP contribution in [0.2, 0.25) is 0 Å². The molecular formula is C42H42N4O. The van der Waals surface area contributed by atoms with Gasteiger partial charge in [0.2, 0.25) is 0 Å². The SMILES string of the molecule is Cc1cc(Oc2ccc3c4ccccc4n(-c4cc(C(C)C)ccn4)c3c2)cc(-n2cc(-c3c(C(C)C)cccc3C(C)C)cn2)c1. The molecule has 0 amide bonds. The third-order valence-corrected chi connectivity index (χ3v) is 9.09. The maximum atomic E-state index is 6.60. The second-order valence-electron chi connectivity index (χ2n) is 13.5. The van der Waals surface area contributed by atoms with E-state index >= 15 is 0 Å². The molecule has 3 heterocycles. The molecule has 0 saturated carbocycles. The molecule has 7 rings (SSSR count). The van der Waals surface area contributed by atoms with Gasteiger partial charge in [0.1, 0.15) is 17.3 Å². The molecule has 0 spiro atoms. The Morgan fingerprint density at radius 3 is 2.15 bits per heavy atom. The fourth-order valence-electron chi connectivity index (χ4n) is 6.71. The quantitative estimate of drug-likeness (QED) is 0.170. The van der Waals surface area contributed by atoms with Crippen molar-refractivity contribution in [2.45, 2.75) is 66.2 Å². The van der Waals surface area contributed by atoms with Crippen LogP contribution in [0.5, 0.6) is 11.5 Å². The van der Waals surface area contributed by atoms with Crippen molar-refractivity contribution in [3.05, 3.63) is 132 Å². The smallest absolute Gasteiger partial charge is 0.137 e. The molecule has 4 aromatic carbocycles. The Morgan fingerprint density at radius 2 is 1.40 bits per heavy atom. The van der Waals surface area contributed by atoms with Crippen molar-refractivity contribution in [1.29, 1.82) is 0 Å². The van der Waals surface area contributed by atoms with Gasteiger partial charge >= 0.3 is 0 Å². The highest BCUT2D eigenvalue weighted by Crippen LogP contribution is 2.38. The van der Waals surface area contributed by atoms with Gasteiger partial charge in [-0.25, -0.2) is 9.67 Å². The lowest BCUT2D eigenvalue weighted by Gasteiger charge is -2.18. The van der Waals surface area contributed by atoms with Crippen molar-refractivity contribution in [2.24, 2.45) is 0 Å². The van der Waals surface area contributed by atoms with E-state index < -0.39 is 0 Å². The van der Waals surface area contributed by atoms with Crippen molar-refractivity contribution >= 4 is 21.8 Å². The fourth-order valence-corrected chi connectivity index (χ4v) is 6.71. The first kappa shape index (κ1) is 30.5. The molecule has 236 valence electrons. The Bertz CT molecular complexity index is 2210.